The van der Waals surface area contributed by atoms with Crippen LogP contribution in [0.25, 0.3) is 0 Å². The maximum Gasteiger partial charge on any atom is 0.293 e. The Balaban J connectivity index is 1.68. The zero-order chi connectivity index (χ0) is 21.5. The summed E-state index contributed by atoms with van der Waals surface area (Å²) >= 11 is 9.47. The fourth-order valence-electron chi connectivity index (χ4n) is 2.60. The van der Waals surface area contributed by atoms with E-state index in [9.17, 15) is 4.79 Å². The maximum atomic E-state index is 12.2. The molecule has 1 heterocycles. The molecule has 0 aliphatic heterocycles. The number of amides is 1. The zero-order valence-corrected chi connectivity index (χ0v) is 18.8. The Kier molecular flexibility index (Phi) is 7.48. The number of nitrogens with zero attached hydrogens (tertiary/aromatic N) is 3. The van der Waals surface area contributed by atoms with Crippen LogP contribution in [0.4, 0.5) is 0 Å². The van der Waals surface area contributed by atoms with Crippen LogP contribution in [0.5, 0.6) is 11.5 Å². The Bertz CT molecular complexity index is 1070. The molecule has 1 aromatic heterocycles. The van der Waals surface area contributed by atoms with Crippen molar-refractivity contribution < 1.29 is 14.3 Å². The second kappa shape index (κ2) is 10.3. The molecular weight excluding hydrogens is 472 g/mol. The van der Waals surface area contributed by atoms with Crippen molar-refractivity contribution >= 4 is 39.7 Å². The van der Waals surface area contributed by atoms with Crippen molar-refractivity contribution in [3.8, 4) is 11.5 Å². The highest BCUT2D eigenvalue weighted by Gasteiger charge is 2.13. The molecule has 7 nitrogen and oxygen atoms in total. The molecule has 0 radical (unpaired) electrons. The summed E-state index contributed by atoms with van der Waals surface area (Å²) in [5.41, 5.74) is 4.34. The molecule has 0 saturated heterocycles. The van der Waals surface area contributed by atoms with Gasteiger partial charge >= 0.3 is 0 Å². The highest BCUT2D eigenvalue weighted by molar-refractivity contribution is 9.10. The first-order valence-corrected chi connectivity index (χ1v) is 10.3. The predicted molar refractivity (Wildman–Crippen MR) is 119 cm³/mol. The third-order valence-corrected chi connectivity index (χ3v) is 4.94. The summed E-state index contributed by atoms with van der Waals surface area (Å²) in [6, 6.07) is 12.9. The monoisotopic (exact) mass is 490 g/mol. The smallest absolute Gasteiger partial charge is 0.293 e. The molecule has 2 aromatic carbocycles. The molecule has 0 saturated carbocycles. The topological polar surface area (TPSA) is 77.7 Å². The number of carbonyl (C=O) groups is 1. The fourth-order valence-corrected chi connectivity index (χ4v) is 3.34. The van der Waals surface area contributed by atoms with E-state index in [-0.39, 0.29) is 5.69 Å². The van der Waals surface area contributed by atoms with E-state index < -0.39 is 5.91 Å². The molecule has 0 aliphatic rings. The summed E-state index contributed by atoms with van der Waals surface area (Å²) in [6.07, 6.45) is 3.21. The lowest BCUT2D eigenvalue weighted by atomic mass is 10.2. The molecule has 0 atom stereocenters. The molecule has 0 spiro atoms. The van der Waals surface area contributed by atoms with Crippen molar-refractivity contribution in [3.63, 3.8) is 0 Å². The number of hydrogen-bond acceptors (Lipinski definition) is 5. The van der Waals surface area contributed by atoms with Crippen molar-refractivity contribution in [1.82, 2.24) is 15.2 Å². The van der Waals surface area contributed by atoms with Crippen LogP contribution in [0.15, 0.2) is 58.2 Å². The van der Waals surface area contributed by atoms with Crippen LogP contribution in [0.3, 0.4) is 0 Å². The molecule has 3 aromatic rings. The molecule has 9 heteroatoms. The zero-order valence-electron chi connectivity index (χ0n) is 16.4. The molecule has 0 bridgehead atoms. The average Bonchev–Trinajstić information content (AvgIpc) is 3.07. The van der Waals surface area contributed by atoms with E-state index in [1.54, 1.807) is 30.1 Å². The summed E-state index contributed by atoms with van der Waals surface area (Å²) in [5.74, 6) is 0.756. The summed E-state index contributed by atoms with van der Waals surface area (Å²) in [4.78, 5) is 12.2. The lowest BCUT2D eigenvalue weighted by Gasteiger charge is -2.13. The van der Waals surface area contributed by atoms with Crippen LogP contribution >= 0.6 is 27.5 Å². The minimum atomic E-state index is -0.413. The number of halogens is 2. The highest BCUT2D eigenvalue weighted by atomic mass is 79.9. The van der Waals surface area contributed by atoms with E-state index in [0.29, 0.717) is 34.2 Å². The van der Waals surface area contributed by atoms with Crippen LogP contribution in [0.2, 0.25) is 5.02 Å². The highest BCUT2D eigenvalue weighted by Crippen LogP contribution is 2.29. The van der Waals surface area contributed by atoms with E-state index in [1.165, 1.54) is 6.21 Å². The Morgan fingerprint density at radius 1 is 1.27 bits per heavy atom. The number of aromatic nitrogens is 2. The lowest BCUT2D eigenvalue weighted by Crippen LogP contribution is -2.19. The number of carbonyl (C=O) groups excluding carboxylic acids is 1. The van der Waals surface area contributed by atoms with Gasteiger partial charge in [0.2, 0.25) is 0 Å². The molecule has 0 unspecified atom stereocenters. The Hall–Kier alpha value is -2.84. The van der Waals surface area contributed by atoms with Crippen molar-refractivity contribution in [2.45, 2.75) is 13.5 Å². The largest absolute Gasteiger partial charge is 0.490 e. The number of ether oxygens (including phenoxy) is 2. The third kappa shape index (κ3) is 5.61. The summed E-state index contributed by atoms with van der Waals surface area (Å²) in [7, 11) is 1.73. The minimum absolute atomic E-state index is 0.257. The van der Waals surface area contributed by atoms with Crippen LogP contribution in [0, 0.1) is 0 Å². The van der Waals surface area contributed by atoms with Gasteiger partial charge in [-0.3, -0.25) is 9.48 Å². The van der Waals surface area contributed by atoms with Gasteiger partial charge in [-0.1, -0.05) is 29.8 Å². The number of hydrazone groups is 1. The van der Waals surface area contributed by atoms with Gasteiger partial charge in [0.15, 0.2) is 17.2 Å². The SMILES string of the molecule is CCOc1cc(/C=N\NC(=O)c2nn(C)cc2Br)ccc1OCc1ccccc1Cl. The van der Waals surface area contributed by atoms with Gasteiger partial charge in [0.1, 0.15) is 6.61 Å². The average molecular weight is 492 g/mol. The van der Waals surface area contributed by atoms with Crippen LogP contribution in [0.1, 0.15) is 28.5 Å². The minimum Gasteiger partial charge on any atom is -0.490 e. The van der Waals surface area contributed by atoms with Gasteiger partial charge in [0.25, 0.3) is 5.91 Å². The van der Waals surface area contributed by atoms with Crippen LogP contribution in [-0.2, 0) is 13.7 Å². The summed E-state index contributed by atoms with van der Waals surface area (Å²) in [5, 5.41) is 8.72. The number of aryl methyl sites for hydroxylation is 1. The first kappa shape index (κ1) is 21.9. The van der Waals surface area contributed by atoms with Crippen LogP contribution < -0.4 is 14.9 Å². The molecule has 0 aliphatic carbocycles. The Morgan fingerprint density at radius 2 is 2.07 bits per heavy atom. The molecule has 30 heavy (non-hydrogen) atoms. The lowest BCUT2D eigenvalue weighted by molar-refractivity contribution is 0.0948. The van der Waals surface area contributed by atoms with Gasteiger partial charge in [0.05, 0.1) is 17.3 Å². The molecule has 1 amide bonds. The summed E-state index contributed by atoms with van der Waals surface area (Å²) < 4.78 is 13.7. The van der Waals surface area contributed by atoms with Crippen molar-refractivity contribution in [3.05, 3.63) is 75.0 Å². The predicted octanol–water partition coefficient (Wildman–Crippen LogP) is 4.58. The van der Waals surface area contributed by atoms with Gasteiger partial charge in [0, 0.05) is 23.8 Å². The van der Waals surface area contributed by atoms with E-state index in [2.05, 4.69) is 31.6 Å². The van der Waals surface area contributed by atoms with Gasteiger partial charge in [-0.15, -0.1) is 0 Å². The Morgan fingerprint density at radius 3 is 2.77 bits per heavy atom. The summed E-state index contributed by atoms with van der Waals surface area (Å²) in [6.45, 7) is 2.69. The second-order valence-corrected chi connectivity index (χ2v) is 7.48. The van der Waals surface area contributed by atoms with Crippen molar-refractivity contribution in [2.24, 2.45) is 12.1 Å². The molecule has 0 fully saturated rings. The van der Waals surface area contributed by atoms with E-state index in [0.717, 1.165) is 11.1 Å². The number of benzene rings is 2. The molecule has 1 N–H and O–H groups in total. The van der Waals surface area contributed by atoms with Crippen molar-refractivity contribution in [2.75, 3.05) is 6.61 Å². The van der Waals surface area contributed by atoms with Crippen LogP contribution in [-0.4, -0.2) is 28.5 Å². The van der Waals surface area contributed by atoms with E-state index in [4.69, 9.17) is 21.1 Å². The maximum absolute atomic E-state index is 12.2. The van der Waals surface area contributed by atoms with E-state index >= 15 is 0 Å². The first-order chi connectivity index (χ1) is 14.5. The molecule has 3 rings (SSSR count). The van der Waals surface area contributed by atoms with Gasteiger partial charge in [-0.2, -0.15) is 10.2 Å². The third-order valence-electron chi connectivity index (χ3n) is 3.99. The number of nitrogens with one attached hydrogen (secondary N) is 1. The molecular formula is C21H20BrClN4O3. The number of rotatable bonds is 8. The van der Waals surface area contributed by atoms with Crippen molar-refractivity contribution in [1.29, 1.82) is 0 Å². The van der Waals surface area contributed by atoms with Gasteiger partial charge in [-0.05, 0) is 52.7 Å². The second-order valence-electron chi connectivity index (χ2n) is 6.22. The fraction of sp³-hybridized carbons (Fsp3) is 0.190. The number of hydrogen-bond donors (Lipinski definition) is 1. The Labute approximate surface area is 187 Å². The first-order valence-electron chi connectivity index (χ1n) is 9.13. The normalized spacial score (nSPS) is 10.9. The molecule has 156 valence electrons. The van der Waals surface area contributed by atoms with Gasteiger partial charge in [-0.25, -0.2) is 5.43 Å². The standard InChI is InChI=1S/C21H20BrClN4O3/c1-3-29-19-10-14(11-24-25-21(28)20-16(22)12-27(2)26-20)8-9-18(19)30-13-15-6-4-5-7-17(15)23/h4-12H,3,13H2,1-2H3,(H,25,28)/b24-11-. The van der Waals surface area contributed by atoms with E-state index in [1.807, 2.05) is 37.3 Å². The quantitative estimate of drug-likeness (QED) is 0.370. The van der Waals surface area contributed by atoms with Gasteiger partial charge < -0.3 is 9.47 Å².